The molecular formula is C30H31F3N6O2. The average Bonchev–Trinajstić information content (AvgIpc) is 3.62. The van der Waals surface area contributed by atoms with Gasteiger partial charge >= 0.3 is 6.18 Å². The lowest BCUT2D eigenvalue weighted by atomic mass is 9.82. The Hall–Kier alpha value is -3.80. The van der Waals surface area contributed by atoms with E-state index < -0.39 is 18.1 Å². The maximum Gasteiger partial charge on any atom is 0.453 e. The molecule has 3 aromatic carbocycles. The molecule has 2 fully saturated rings. The van der Waals surface area contributed by atoms with Crippen LogP contribution in [0.2, 0.25) is 0 Å². The molecule has 0 amide bonds. The van der Waals surface area contributed by atoms with Crippen LogP contribution in [0.15, 0.2) is 78.9 Å². The first kappa shape index (κ1) is 27.4. The van der Waals surface area contributed by atoms with E-state index in [-0.39, 0.29) is 23.7 Å². The van der Waals surface area contributed by atoms with Crippen LogP contribution >= 0.6 is 0 Å². The van der Waals surface area contributed by atoms with Crippen molar-refractivity contribution in [1.82, 2.24) is 30.0 Å². The third-order valence-electron chi connectivity index (χ3n) is 8.20. The van der Waals surface area contributed by atoms with E-state index in [4.69, 9.17) is 4.74 Å². The summed E-state index contributed by atoms with van der Waals surface area (Å²) in [5.41, 5.74) is 3.30. The summed E-state index contributed by atoms with van der Waals surface area (Å²) in [5, 5.41) is 21.0. The van der Waals surface area contributed by atoms with Crippen LogP contribution in [0.3, 0.4) is 0 Å². The van der Waals surface area contributed by atoms with E-state index in [0.29, 0.717) is 42.0 Å². The molecule has 6 rings (SSSR count). The minimum absolute atomic E-state index is 0.0609. The van der Waals surface area contributed by atoms with Crippen LogP contribution in [-0.4, -0.2) is 80.0 Å². The number of fused-ring (bicyclic) bond motifs is 1. The highest BCUT2D eigenvalue weighted by atomic mass is 19.4. The van der Waals surface area contributed by atoms with Crippen molar-refractivity contribution >= 4 is 0 Å². The number of hydrogen-bond acceptors (Lipinski definition) is 7. The van der Waals surface area contributed by atoms with E-state index in [1.807, 2.05) is 36.4 Å². The number of piperazine rings is 1. The largest absolute Gasteiger partial charge is 0.496 e. The fourth-order valence-corrected chi connectivity index (χ4v) is 6.39. The Balaban J connectivity index is 1.36. The average molecular weight is 565 g/mol. The molecule has 0 spiro atoms. The molecule has 4 aromatic rings. The SMILES string of the molecule is COc1ccc(-n2nnnc2C(F)(F)F)cc1CN1CC2C(O)CCN2C(C(c2ccccc2)c2ccccc2)C1. The second-order valence-electron chi connectivity index (χ2n) is 10.6. The smallest absolute Gasteiger partial charge is 0.453 e. The summed E-state index contributed by atoms with van der Waals surface area (Å²) in [4.78, 5) is 4.71. The van der Waals surface area contributed by atoms with Gasteiger partial charge in [-0.15, -0.1) is 5.10 Å². The number of aliphatic hydroxyl groups is 1. The number of benzene rings is 3. The number of methoxy groups -OCH3 is 1. The summed E-state index contributed by atoms with van der Waals surface area (Å²) in [6.07, 6.45) is -4.46. The van der Waals surface area contributed by atoms with Crippen molar-refractivity contribution in [1.29, 1.82) is 0 Å². The van der Waals surface area contributed by atoms with Crippen LogP contribution in [0, 0.1) is 0 Å². The van der Waals surface area contributed by atoms with Gasteiger partial charge in [0.1, 0.15) is 5.75 Å². The maximum atomic E-state index is 13.5. The van der Waals surface area contributed by atoms with Crippen molar-refractivity contribution in [3.05, 3.63) is 101 Å². The Morgan fingerprint density at radius 1 is 0.976 bits per heavy atom. The van der Waals surface area contributed by atoms with Crippen molar-refractivity contribution < 1.29 is 23.0 Å². The lowest BCUT2D eigenvalue weighted by Gasteiger charge is -2.47. The second kappa shape index (κ2) is 11.2. The number of alkyl halides is 3. The van der Waals surface area contributed by atoms with Crippen LogP contribution in [0.25, 0.3) is 5.69 Å². The topological polar surface area (TPSA) is 79.5 Å². The predicted octanol–water partition coefficient (Wildman–Crippen LogP) is 4.14. The molecule has 1 aromatic heterocycles. The quantitative estimate of drug-likeness (QED) is 0.362. The molecule has 3 atom stereocenters. The van der Waals surface area contributed by atoms with E-state index >= 15 is 0 Å². The maximum absolute atomic E-state index is 13.5. The minimum Gasteiger partial charge on any atom is -0.496 e. The molecule has 0 saturated carbocycles. The molecule has 2 aliphatic heterocycles. The van der Waals surface area contributed by atoms with Crippen molar-refractivity contribution in [2.24, 2.45) is 0 Å². The molecule has 1 N–H and O–H groups in total. The summed E-state index contributed by atoms with van der Waals surface area (Å²) in [6.45, 7) is 2.55. The molecule has 0 radical (unpaired) electrons. The van der Waals surface area contributed by atoms with Gasteiger partial charge in [0.15, 0.2) is 0 Å². The summed E-state index contributed by atoms with van der Waals surface area (Å²) in [5.74, 6) is -0.564. The summed E-state index contributed by atoms with van der Waals surface area (Å²) < 4.78 is 46.9. The Bertz CT molecular complexity index is 1430. The first-order valence-corrected chi connectivity index (χ1v) is 13.6. The first-order chi connectivity index (χ1) is 19.8. The molecular weight excluding hydrogens is 533 g/mol. The molecule has 2 aliphatic rings. The van der Waals surface area contributed by atoms with E-state index in [2.05, 4.69) is 49.6 Å². The van der Waals surface area contributed by atoms with Gasteiger partial charge in [0.2, 0.25) is 0 Å². The molecule has 214 valence electrons. The number of nitrogens with zero attached hydrogens (tertiary/aromatic N) is 6. The Morgan fingerprint density at radius 3 is 2.29 bits per heavy atom. The molecule has 3 heterocycles. The molecule has 3 unspecified atom stereocenters. The van der Waals surface area contributed by atoms with Crippen LogP contribution in [0.1, 0.15) is 34.9 Å². The Kier molecular flexibility index (Phi) is 7.50. The van der Waals surface area contributed by atoms with Crippen molar-refractivity contribution in [2.45, 2.75) is 43.2 Å². The highest BCUT2D eigenvalue weighted by molar-refractivity contribution is 5.44. The monoisotopic (exact) mass is 564 g/mol. The first-order valence-electron chi connectivity index (χ1n) is 13.6. The van der Waals surface area contributed by atoms with Crippen molar-refractivity contribution in [3.63, 3.8) is 0 Å². The highest BCUT2D eigenvalue weighted by Gasteiger charge is 2.45. The van der Waals surface area contributed by atoms with Crippen LogP contribution in [-0.2, 0) is 12.7 Å². The zero-order valence-corrected chi connectivity index (χ0v) is 22.5. The second-order valence-corrected chi connectivity index (χ2v) is 10.6. The zero-order valence-electron chi connectivity index (χ0n) is 22.5. The molecule has 41 heavy (non-hydrogen) atoms. The summed E-state index contributed by atoms with van der Waals surface area (Å²) in [7, 11) is 1.54. The number of aromatic nitrogens is 4. The number of hydrogen-bond donors (Lipinski definition) is 1. The number of rotatable bonds is 7. The molecule has 8 nitrogen and oxygen atoms in total. The number of aliphatic hydroxyl groups excluding tert-OH is 1. The van der Waals surface area contributed by atoms with Gasteiger partial charge in [-0.2, -0.15) is 17.9 Å². The number of ether oxygens (including phenoxy) is 1. The lowest BCUT2D eigenvalue weighted by molar-refractivity contribution is -0.146. The van der Waals surface area contributed by atoms with Gasteiger partial charge in [-0.25, -0.2) is 0 Å². The molecule has 11 heteroatoms. The van der Waals surface area contributed by atoms with Crippen molar-refractivity contribution in [3.8, 4) is 11.4 Å². The van der Waals surface area contributed by atoms with E-state index in [0.717, 1.165) is 6.54 Å². The zero-order chi connectivity index (χ0) is 28.6. The van der Waals surface area contributed by atoms with Gasteiger partial charge in [-0.05, 0) is 46.2 Å². The molecule has 0 aliphatic carbocycles. The van der Waals surface area contributed by atoms with E-state index in [1.165, 1.54) is 17.2 Å². The standard InChI is InChI=1S/C30H31F3N6O2/c1-41-27-13-12-23(39-29(30(31,32)33)34-35-36-39)16-22(27)17-37-18-24-26(40)14-15-38(24)25(19-37)28(20-8-4-2-5-9-20)21-10-6-3-7-11-21/h2-13,16,24-26,28,40H,14-15,17-19H2,1H3. The van der Waals surface area contributed by atoms with Gasteiger partial charge in [0, 0.05) is 49.7 Å². The van der Waals surface area contributed by atoms with Gasteiger partial charge in [0.25, 0.3) is 5.82 Å². The Morgan fingerprint density at radius 2 is 1.66 bits per heavy atom. The summed E-state index contributed by atoms with van der Waals surface area (Å²) >= 11 is 0. The normalized spacial score (nSPS) is 21.8. The molecule has 0 bridgehead atoms. The van der Waals surface area contributed by atoms with Crippen LogP contribution < -0.4 is 4.74 Å². The highest BCUT2D eigenvalue weighted by Crippen LogP contribution is 2.39. The lowest BCUT2D eigenvalue weighted by Crippen LogP contribution is -2.59. The van der Waals surface area contributed by atoms with Crippen molar-refractivity contribution in [2.75, 3.05) is 26.7 Å². The van der Waals surface area contributed by atoms with E-state index in [9.17, 15) is 18.3 Å². The van der Waals surface area contributed by atoms with Gasteiger partial charge < -0.3 is 9.84 Å². The van der Waals surface area contributed by atoms with Gasteiger partial charge in [-0.3, -0.25) is 9.80 Å². The number of tetrazole rings is 1. The fraction of sp³-hybridized carbons (Fsp3) is 0.367. The number of halogens is 3. The van der Waals surface area contributed by atoms with Gasteiger partial charge in [-0.1, -0.05) is 60.7 Å². The van der Waals surface area contributed by atoms with E-state index in [1.54, 1.807) is 19.2 Å². The Labute approximate surface area is 236 Å². The predicted molar refractivity (Wildman–Crippen MR) is 146 cm³/mol. The third-order valence-corrected chi connectivity index (χ3v) is 8.20. The summed E-state index contributed by atoms with van der Waals surface area (Å²) in [6, 6.07) is 25.6. The minimum atomic E-state index is -4.70. The van der Waals surface area contributed by atoms with Crippen LogP contribution in [0.5, 0.6) is 5.75 Å². The fourth-order valence-electron chi connectivity index (χ4n) is 6.39. The van der Waals surface area contributed by atoms with Crippen LogP contribution in [0.4, 0.5) is 13.2 Å². The molecule has 2 saturated heterocycles. The van der Waals surface area contributed by atoms with Gasteiger partial charge in [0.05, 0.1) is 18.9 Å². The third kappa shape index (κ3) is 5.44.